The van der Waals surface area contributed by atoms with Gasteiger partial charge in [-0.3, -0.25) is 0 Å². The van der Waals surface area contributed by atoms with Gasteiger partial charge in [-0.15, -0.1) is 0 Å². The molecule has 0 amide bonds. The van der Waals surface area contributed by atoms with Crippen molar-refractivity contribution in [2.75, 3.05) is 0 Å². The lowest BCUT2D eigenvalue weighted by atomic mass is 9.82. The summed E-state index contributed by atoms with van der Waals surface area (Å²) in [6.07, 6.45) is 4.77. The average Bonchev–Trinajstić information content (AvgIpc) is 2.91. The van der Waals surface area contributed by atoms with Gasteiger partial charge < -0.3 is 9.63 Å². The lowest BCUT2D eigenvalue weighted by Gasteiger charge is -2.23. The van der Waals surface area contributed by atoms with E-state index < -0.39 is 0 Å². The quantitative estimate of drug-likeness (QED) is 0.896. The van der Waals surface area contributed by atoms with Gasteiger partial charge in [-0.25, -0.2) is 0 Å². The first-order valence-electron chi connectivity index (χ1n) is 7.27. The van der Waals surface area contributed by atoms with Crippen molar-refractivity contribution in [3.63, 3.8) is 0 Å². The minimum absolute atomic E-state index is 0.183. The van der Waals surface area contributed by atoms with E-state index in [4.69, 9.17) is 4.52 Å². The highest BCUT2D eigenvalue weighted by molar-refractivity contribution is 5.63. The summed E-state index contributed by atoms with van der Waals surface area (Å²) in [6.45, 7) is 4.25. The number of rotatable bonds is 2. The van der Waals surface area contributed by atoms with Gasteiger partial charge in [0.05, 0.1) is 5.56 Å². The number of aryl methyl sites for hydroxylation is 1. The van der Waals surface area contributed by atoms with Crippen LogP contribution in [0.25, 0.3) is 11.5 Å². The number of aromatic hydroxyl groups is 1. The van der Waals surface area contributed by atoms with Gasteiger partial charge in [-0.05, 0) is 37.8 Å². The average molecular weight is 272 g/mol. The van der Waals surface area contributed by atoms with Crippen LogP contribution in [0.15, 0.2) is 22.7 Å². The number of nitrogens with zero attached hydrogens (tertiary/aromatic N) is 2. The number of benzene rings is 1. The summed E-state index contributed by atoms with van der Waals surface area (Å²) < 4.78 is 5.35. The van der Waals surface area contributed by atoms with Crippen molar-refractivity contribution in [1.82, 2.24) is 10.1 Å². The molecule has 3 rings (SSSR count). The Balaban J connectivity index is 1.88. The van der Waals surface area contributed by atoms with Gasteiger partial charge in [0.15, 0.2) is 5.82 Å². The largest absolute Gasteiger partial charge is 0.507 e. The highest BCUT2D eigenvalue weighted by Crippen LogP contribution is 2.36. The summed E-state index contributed by atoms with van der Waals surface area (Å²) >= 11 is 0. The fourth-order valence-corrected chi connectivity index (χ4v) is 3.00. The molecule has 1 heterocycles. The highest BCUT2D eigenvalue weighted by Gasteiger charge is 2.25. The first kappa shape index (κ1) is 13.2. The highest BCUT2D eigenvalue weighted by atomic mass is 16.5. The van der Waals surface area contributed by atoms with E-state index in [0.29, 0.717) is 17.4 Å². The zero-order chi connectivity index (χ0) is 14.1. The number of phenolic OH excluding ortho intramolecular Hbond substituents is 1. The Morgan fingerprint density at radius 2 is 2.15 bits per heavy atom. The molecular weight excluding hydrogens is 252 g/mol. The lowest BCUT2D eigenvalue weighted by molar-refractivity contribution is 0.324. The lowest BCUT2D eigenvalue weighted by Crippen LogP contribution is -2.12. The Morgan fingerprint density at radius 3 is 2.95 bits per heavy atom. The van der Waals surface area contributed by atoms with Crippen molar-refractivity contribution in [3.05, 3.63) is 29.6 Å². The van der Waals surface area contributed by atoms with E-state index in [1.54, 1.807) is 6.07 Å². The molecule has 1 aliphatic carbocycles. The smallest absolute Gasteiger partial charge is 0.261 e. The number of hydrogen-bond acceptors (Lipinski definition) is 4. The maximum absolute atomic E-state index is 9.92. The second-order valence-corrected chi connectivity index (χ2v) is 5.95. The van der Waals surface area contributed by atoms with E-state index in [2.05, 4.69) is 17.1 Å². The van der Waals surface area contributed by atoms with Gasteiger partial charge in [-0.2, -0.15) is 4.98 Å². The van der Waals surface area contributed by atoms with E-state index >= 15 is 0 Å². The third-order valence-corrected chi connectivity index (χ3v) is 4.13. The van der Waals surface area contributed by atoms with Crippen LogP contribution in [0.1, 0.15) is 49.9 Å². The Kier molecular flexibility index (Phi) is 3.47. The number of hydrogen-bond donors (Lipinski definition) is 1. The van der Waals surface area contributed by atoms with E-state index in [-0.39, 0.29) is 5.75 Å². The van der Waals surface area contributed by atoms with E-state index in [0.717, 1.165) is 30.1 Å². The molecule has 1 aromatic carbocycles. The van der Waals surface area contributed by atoms with Crippen LogP contribution in [0, 0.1) is 12.8 Å². The Labute approximate surface area is 118 Å². The van der Waals surface area contributed by atoms with Crippen LogP contribution in [-0.2, 0) is 0 Å². The summed E-state index contributed by atoms with van der Waals surface area (Å²) in [5.74, 6) is 2.50. The van der Waals surface area contributed by atoms with Gasteiger partial charge in [0, 0.05) is 5.92 Å². The Morgan fingerprint density at radius 1 is 1.30 bits per heavy atom. The molecule has 4 heteroatoms. The van der Waals surface area contributed by atoms with Crippen LogP contribution < -0.4 is 0 Å². The summed E-state index contributed by atoms with van der Waals surface area (Å²) in [6, 6.07) is 5.40. The third-order valence-electron chi connectivity index (χ3n) is 4.13. The van der Waals surface area contributed by atoms with E-state index in [1.165, 1.54) is 12.8 Å². The predicted molar refractivity (Wildman–Crippen MR) is 76.5 cm³/mol. The Hall–Kier alpha value is -1.84. The summed E-state index contributed by atoms with van der Waals surface area (Å²) in [5, 5.41) is 14.0. The van der Waals surface area contributed by atoms with Crippen molar-refractivity contribution < 1.29 is 9.63 Å². The monoisotopic (exact) mass is 272 g/mol. The molecule has 0 spiro atoms. The molecule has 0 saturated heterocycles. The maximum atomic E-state index is 9.92. The van der Waals surface area contributed by atoms with Gasteiger partial charge in [-0.1, -0.05) is 36.6 Å². The normalized spacial score (nSPS) is 22.9. The van der Waals surface area contributed by atoms with Crippen LogP contribution >= 0.6 is 0 Å². The fourth-order valence-electron chi connectivity index (χ4n) is 3.00. The minimum Gasteiger partial charge on any atom is -0.507 e. The molecule has 2 atom stereocenters. The summed E-state index contributed by atoms with van der Waals surface area (Å²) in [7, 11) is 0. The standard InChI is InChI=1S/C16H20N2O2/c1-10-4-3-5-12(8-10)15-17-16(20-18-15)13-9-11(2)6-7-14(13)19/h6-7,9-10,12,19H,3-5,8H2,1-2H3. The molecule has 20 heavy (non-hydrogen) atoms. The SMILES string of the molecule is Cc1ccc(O)c(-c2nc(C3CCCC(C)C3)no2)c1. The third kappa shape index (κ3) is 2.55. The van der Waals surface area contributed by atoms with Crippen molar-refractivity contribution in [3.8, 4) is 17.2 Å². The van der Waals surface area contributed by atoms with Crippen LogP contribution in [0.3, 0.4) is 0 Å². The van der Waals surface area contributed by atoms with Crippen molar-refractivity contribution in [2.45, 2.75) is 45.4 Å². The maximum Gasteiger partial charge on any atom is 0.261 e. The number of phenols is 1. The summed E-state index contributed by atoms with van der Waals surface area (Å²) in [4.78, 5) is 4.50. The van der Waals surface area contributed by atoms with Crippen LogP contribution in [0.4, 0.5) is 0 Å². The second kappa shape index (κ2) is 5.27. The molecule has 0 bridgehead atoms. The molecule has 1 saturated carbocycles. The molecule has 2 unspecified atom stereocenters. The first-order chi connectivity index (χ1) is 9.63. The first-order valence-corrected chi connectivity index (χ1v) is 7.27. The molecule has 106 valence electrons. The van der Waals surface area contributed by atoms with E-state index in [9.17, 15) is 5.11 Å². The molecule has 1 aliphatic rings. The molecule has 1 aromatic heterocycles. The van der Waals surface area contributed by atoms with Gasteiger partial charge in [0.2, 0.25) is 0 Å². The zero-order valence-electron chi connectivity index (χ0n) is 12.0. The van der Waals surface area contributed by atoms with E-state index in [1.807, 2.05) is 19.1 Å². The van der Waals surface area contributed by atoms with Crippen molar-refractivity contribution in [2.24, 2.45) is 5.92 Å². The van der Waals surface area contributed by atoms with Crippen LogP contribution in [0.2, 0.25) is 0 Å². The minimum atomic E-state index is 0.183. The van der Waals surface area contributed by atoms with Crippen LogP contribution in [0.5, 0.6) is 5.75 Å². The fraction of sp³-hybridized carbons (Fsp3) is 0.500. The number of aromatic nitrogens is 2. The van der Waals surface area contributed by atoms with Gasteiger partial charge in [0.25, 0.3) is 5.89 Å². The zero-order valence-corrected chi connectivity index (χ0v) is 12.0. The molecule has 1 N–H and O–H groups in total. The van der Waals surface area contributed by atoms with Gasteiger partial charge >= 0.3 is 0 Å². The molecule has 2 aromatic rings. The van der Waals surface area contributed by atoms with Crippen molar-refractivity contribution in [1.29, 1.82) is 0 Å². The van der Waals surface area contributed by atoms with Gasteiger partial charge in [0.1, 0.15) is 5.75 Å². The topological polar surface area (TPSA) is 59.2 Å². The molecular formula is C16H20N2O2. The Bertz CT molecular complexity index is 606. The molecule has 0 aliphatic heterocycles. The molecule has 0 radical (unpaired) electrons. The summed E-state index contributed by atoms with van der Waals surface area (Å²) in [5.41, 5.74) is 1.68. The predicted octanol–water partition coefficient (Wildman–Crippen LogP) is 4.04. The molecule has 4 nitrogen and oxygen atoms in total. The molecule has 1 fully saturated rings. The van der Waals surface area contributed by atoms with Crippen LogP contribution in [-0.4, -0.2) is 15.2 Å². The second-order valence-electron chi connectivity index (χ2n) is 5.95. The van der Waals surface area contributed by atoms with Crippen molar-refractivity contribution >= 4 is 0 Å².